The van der Waals surface area contributed by atoms with E-state index in [0.717, 1.165) is 17.0 Å². The second kappa shape index (κ2) is 4.03. The predicted octanol–water partition coefficient (Wildman–Crippen LogP) is 2.97. The minimum atomic E-state index is -0.238. The molecular formula is C11H10ClFN2. The quantitative estimate of drug-likeness (QED) is 0.718. The molecule has 0 unspecified atom stereocenters. The van der Waals surface area contributed by atoms with Crippen LogP contribution < -0.4 is 0 Å². The summed E-state index contributed by atoms with van der Waals surface area (Å²) in [6.45, 7) is 0. The Balaban J connectivity index is 2.44. The maximum absolute atomic E-state index is 12.7. The van der Waals surface area contributed by atoms with Gasteiger partial charge in [-0.1, -0.05) is 0 Å². The van der Waals surface area contributed by atoms with Crippen molar-refractivity contribution in [3.8, 4) is 11.3 Å². The van der Waals surface area contributed by atoms with E-state index in [9.17, 15) is 4.39 Å². The summed E-state index contributed by atoms with van der Waals surface area (Å²) in [5.41, 5.74) is 2.69. The molecule has 78 valence electrons. The first-order valence-corrected chi connectivity index (χ1v) is 5.09. The van der Waals surface area contributed by atoms with E-state index in [2.05, 4.69) is 5.10 Å². The zero-order valence-corrected chi connectivity index (χ0v) is 9.00. The van der Waals surface area contributed by atoms with Crippen molar-refractivity contribution in [2.24, 2.45) is 7.05 Å². The largest absolute Gasteiger partial charge is 0.268 e. The predicted molar refractivity (Wildman–Crippen MR) is 58.2 cm³/mol. The van der Waals surface area contributed by atoms with Crippen LogP contribution in [0.3, 0.4) is 0 Å². The summed E-state index contributed by atoms with van der Waals surface area (Å²) in [6, 6.07) is 8.22. The van der Waals surface area contributed by atoms with Gasteiger partial charge in [-0.15, -0.1) is 11.6 Å². The van der Waals surface area contributed by atoms with Crippen molar-refractivity contribution in [2.75, 3.05) is 0 Å². The molecule has 0 atom stereocenters. The lowest BCUT2D eigenvalue weighted by atomic mass is 10.1. The monoisotopic (exact) mass is 224 g/mol. The molecule has 1 aromatic heterocycles. The van der Waals surface area contributed by atoms with Crippen LogP contribution in [0.1, 0.15) is 5.69 Å². The Morgan fingerprint density at radius 1 is 1.33 bits per heavy atom. The van der Waals surface area contributed by atoms with Gasteiger partial charge in [0.25, 0.3) is 0 Å². The van der Waals surface area contributed by atoms with E-state index in [0.29, 0.717) is 5.88 Å². The molecule has 0 aliphatic carbocycles. The normalized spacial score (nSPS) is 10.6. The number of benzene rings is 1. The van der Waals surface area contributed by atoms with E-state index < -0.39 is 0 Å². The number of hydrogen-bond donors (Lipinski definition) is 0. The summed E-state index contributed by atoms with van der Waals surface area (Å²) < 4.78 is 14.5. The molecule has 0 saturated carbocycles. The van der Waals surface area contributed by atoms with E-state index >= 15 is 0 Å². The van der Waals surface area contributed by atoms with Gasteiger partial charge < -0.3 is 0 Å². The molecule has 0 bridgehead atoms. The average molecular weight is 225 g/mol. The number of aryl methyl sites for hydroxylation is 1. The lowest BCUT2D eigenvalue weighted by molar-refractivity contribution is 0.628. The van der Waals surface area contributed by atoms with Crippen LogP contribution in [0.2, 0.25) is 0 Å². The van der Waals surface area contributed by atoms with Crippen molar-refractivity contribution < 1.29 is 4.39 Å². The minimum Gasteiger partial charge on any atom is -0.268 e. The van der Waals surface area contributed by atoms with Crippen LogP contribution in [0.4, 0.5) is 4.39 Å². The number of nitrogens with zero attached hydrogens (tertiary/aromatic N) is 2. The molecule has 0 amide bonds. The third-order valence-corrected chi connectivity index (χ3v) is 2.48. The molecule has 0 fully saturated rings. The number of alkyl halides is 1. The molecular weight excluding hydrogens is 215 g/mol. The van der Waals surface area contributed by atoms with Gasteiger partial charge in [0.15, 0.2) is 0 Å². The van der Waals surface area contributed by atoms with Crippen LogP contribution in [-0.4, -0.2) is 9.78 Å². The van der Waals surface area contributed by atoms with Crippen molar-refractivity contribution in [3.63, 3.8) is 0 Å². The van der Waals surface area contributed by atoms with Crippen LogP contribution in [0.5, 0.6) is 0 Å². The van der Waals surface area contributed by atoms with E-state index in [1.165, 1.54) is 12.1 Å². The van der Waals surface area contributed by atoms with E-state index in [4.69, 9.17) is 11.6 Å². The highest BCUT2D eigenvalue weighted by Gasteiger charge is 2.06. The Kier molecular flexibility index (Phi) is 2.73. The van der Waals surface area contributed by atoms with Gasteiger partial charge in [0.2, 0.25) is 0 Å². The van der Waals surface area contributed by atoms with Crippen LogP contribution in [-0.2, 0) is 12.9 Å². The van der Waals surface area contributed by atoms with Crippen molar-refractivity contribution in [3.05, 3.63) is 41.8 Å². The Hall–Kier alpha value is -1.35. The van der Waals surface area contributed by atoms with E-state index in [-0.39, 0.29) is 5.82 Å². The van der Waals surface area contributed by atoms with Gasteiger partial charge in [0.05, 0.1) is 17.3 Å². The fourth-order valence-corrected chi connectivity index (χ4v) is 1.61. The van der Waals surface area contributed by atoms with E-state index in [1.54, 1.807) is 16.8 Å². The zero-order valence-electron chi connectivity index (χ0n) is 8.24. The maximum Gasteiger partial charge on any atom is 0.123 e. The fourth-order valence-electron chi connectivity index (χ4n) is 1.48. The highest BCUT2D eigenvalue weighted by atomic mass is 35.5. The van der Waals surface area contributed by atoms with Crippen molar-refractivity contribution in [1.82, 2.24) is 9.78 Å². The first-order chi connectivity index (χ1) is 7.20. The first-order valence-electron chi connectivity index (χ1n) is 4.55. The molecule has 15 heavy (non-hydrogen) atoms. The number of rotatable bonds is 2. The first kappa shape index (κ1) is 10.2. The Bertz CT molecular complexity index is 462. The Labute approximate surface area is 92.3 Å². The summed E-state index contributed by atoms with van der Waals surface area (Å²) >= 11 is 5.69. The molecule has 2 nitrogen and oxygen atoms in total. The number of halogens is 2. The zero-order chi connectivity index (χ0) is 10.8. The molecule has 2 aromatic rings. The molecule has 0 aliphatic rings. The van der Waals surface area contributed by atoms with Crippen LogP contribution in [0, 0.1) is 5.82 Å². The number of aromatic nitrogens is 2. The second-order valence-corrected chi connectivity index (χ2v) is 3.55. The van der Waals surface area contributed by atoms with Gasteiger partial charge in [-0.3, -0.25) is 4.68 Å². The maximum atomic E-state index is 12.7. The van der Waals surface area contributed by atoms with Gasteiger partial charge in [-0.25, -0.2) is 4.39 Å². The van der Waals surface area contributed by atoms with Crippen LogP contribution in [0.25, 0.3) is 11.3 Å². The standard InChI is InChI=1S/C11H10ClFN2/c1-15-11(6-10(7-12)14-15)8-2-4-9(13)5-3-8/h2-6H,7H2,1H3. The highest BCUT2D eigenvalue weighted by Crippen LogP contribution is 2.20. The Morgan fingerprint density at radius 2 is 2.00 bits per heavy atom. The lowest BCUT2D eigenvalue weighted by Gasteiger charge is -2.00. The van der Waals surface area contributed by atoms with Crippen molar-refractivity contribution in [2.45, 2.75) is 5.88 Å². The van der Waals surface area contributed by atoms with Gasteiger partial charge in [0.1, 0.15) is 5.82 Å². The smallest absolute Gasteiger partial charge is 0.123 e. The molecule has 0 aliphatic heterocycles. The fraction of sp³-hybridized carbons (Fsp3) is 0.182. The SMILES string of the molecule is Cn1nc(CCl)cc1-c1ccc(F)cc1. The summed E-state index contributed by atoms with van der Waals surface area (Å²) in [5, 5.41) is 4.22. The molecule has 1 aromatic carbocycles. The van der Waals surface area contributed by atoms with Crippen LogP contribution >= 0.6 is 11.6 Å². The molecule has 2 rings (SSSR count). The molecule has 0 radical (unpaired) electrons. The average Bonchev–Trinajstić information content (AvgIpc) is 2.61. The van der Waals surface area contributed by atoms with E-state index in [1.807, 2.05) is 13.1 Å². The molecule has 1 heterocycles. The summed E-state index contributed by atoms with van der Waals surface area (Å²) in [6.07, 6.45) is 0. The molecule has 0 N–H and O–H groups in total. The van der Waals surface area contributed by atoms with Crippen molar-refractivity contribution in [1.29, 1.82) is 0 Å². The van der Waals surface area contributed by atoms with Crippen molar-refractivity contribution >= 4 is 11.6 Å². The third-order valence-electron chi connectivity index (χ3n) is 2.21. The third kappa shape index (κ3) is 2.02. The van der Waals surface area contributed by atoms with Gasteiger partial charge in [0, 0.05) is 7.05 Å². The van der Waals surface area contributed by atoms with Gasteiger partial charge in [-0.05, 0) is 35.9 Å². The van der Waals surface area contributed by atoms with Gasteiger partial charge in [-0.2, -0.15) is 5.10 Å². The van der Waals surface area contributed by atoms with Crippen LogP contribution in [0.15, 0.2) is 30.3 Å². The number of hydrogen-bond acceptors (Lipinski definition) is 1. The Morgan fingerprint density at radius 3 is 2.53 bits per heavy atom. The summed E-state index contributed by atoms with van der Waals surface area (Å²) in [5.74, 6) is 0.146. The lowest BCUT2D eigenvalue weighted by Crippen LogP contribution is -1.94. The highest BCUT2D eigenvalue weighted by molar-refractivity contribution is 6.16. The molecule has 4 heteroatoms. The summed E-state index contributed by atoms with van der Waals surface area (Å²) in [4.78, 5) is 0. The summed E-state index contributed by atoms with van der Waals surface area (Å²) in [7, 11) is 1.84. The molecule has 0 spiro atoms. The topological polar surface area (TPSA) is 17.8 Å². The molecule has 0 saturated heterocycles. The second-order valence-electron chi connectivity index (χ2n) is 3.29. The van der Waals surface area contributed by atoms with Gasteiger partial charge >= 0.3 is 0 Å². The minimum absolute atomic E-state index is 0.238.